The Kier molecular flexibility index (Phi) is 1.96. The number of allylic oxidation sites excluding steroid dienone is 1. The summed E-state index contributed by atoms with van der Waals surface area (Å²) in [5.74, 6) is 2.02. The van der Waals surface area contributed by atoms with E-state index in [2.05, 4.69) is 6.92 Å². The summed E-state index contributed by atoms with van der Waals surface area (Å²) < 4.78 is 0. The average molecular weight is 138 g/mol. The van der Waals surface area contributed by atoms with E-state index < -0.39 is 0 Å². The van der Waals surface area contributed by atoms with E-state index in [-0.39, 0.29) is 0 Å². The van der Waals surface area contributed by atoms with Crippen LogP contribution in [0, 0.1) is 5.41 Å². The molecule has 1 heteroatoms. The molecule has 10 heavy (non-hydrogen) atoms. The standard InChI is InChI=1S/C9H14O/c1-3-4-9(5-6-9)8(2)7-10/h3-6H2,1-2H3. The van der Waals surface area contributed by atoms with Crippen LogP contribution in [0.15, 0.2) is 5.57 Å². The van der Waals surface area contributed by atoms with Gasteiger partial charge in [-0.3, -0.25) is 0 Å². The first-order valence-corrected chi connectivity index (χ1v) is 3.97. The fourth-order valence-corrected chi connectivity index (χ4v) is 1.55. The Morgan fingerprint density at radius 2 is 2.20 bits per heavy atom. The van der Waals surface area contributed by atoms with Gasteiger partial charge in [0.05, 0.1) is 0 Å². The number of hydrogen-bond donors (Lipinski definition) is 0. The molecule has 0 spiro atoms. The zero-order valence-corrected chi connectivity index (χ0v) is 6.74. The highest BCUT2D eigenvalue weighted by molar-refractivity contribution is 5.55. The quantitative estimate of drug-likeness (QED) is 0.547. The lowest BCUT2D eigenvalue weighted by molar-refractivity contribution is 0.525. The molecule has 1 fully saturated rings. The van der Waals surface area contributed by atoms with Crippen molar-refractivity contribution in [1.29, 1.82) is 0 Å². The summed E-state index contributed by atoms with van der Waals surface area (Å²) in [4.78, 5) is 10.3. The molecule has 0 N–H and O–H groups in total. The molecule has 0 aromatic carbocycles. The molecule has 1 aliphatic carbocycles. The average Bonchev–Trinajstić information content (AvgIpc) is 2.69. The molecule has 0 aromatic heterocycles. The van der Waals surface area contributed by atoms with Crippen LogP contribution in [0.5, 0.6) is 0 Å². The van der Waals surface area contributed by atoms with Crippen molar-refractivity contribution in [2.24, 2.45) is 5.41 Å². The first-order valence-electron chi connectivity index (χ1n) is 3.97. The third-order valence-electron chi connectivity index (χ3n) is 2.53. The summed E-state index contributed by atoms with van der Waals surface area (Å²) in [6, 6.07) is 0. The Morgan fingerprint density at radius 3 is 2.50 bits per heavy atom. The highest BCUT2D eigenvalue weighted by Crippen LogP contribution is 2.54. The monoisotopic (exact) mass is 138 g/mol. The third kappa shape index (κ3) is 1.15. The molecular formula is C9H14O. The van der Waals surface area contributed by atoms with E-state index in [0.717, 1.165) is 5.57 Å². The molecular weight excluding hydrogens is 124 g/mol. The second-order valence-corrected chi connectivity index (χ2v) is 3.26. The summed E-state index contributed by atoms with van der Waals surface area (Å²) in [5.41, 5.74) is 1.24. The van der Waals surface area contributed by atoms with E-state index in [0.29, 0.717) is 5.41 Å². The molecule has 0 radical (unpaired) electrons. The summed E-state index contributed by atoms with van der Waals surface area (Å²) in [5, 5.41) is 0. The lowest BCUT2D eigenvalue weighted by atomic mass is 9.93. The molecule has 1 nitrogen and oxygen atoms in total. The van der Waals surface area contributed by atoms with Crippen molar-refractivity contribution in [3.05, 3.63) is 5.57 Å². The highest BCUT2D eigenvalue weighted by Gasteiger charge is 2.43. The minimum Gasteiger partial charge on any atom is -0.234 e. The maximum atomic E-state index is 10.3. The fourth-order valence-electron chi connectivity index (χ4n) is 1.55. The molecule has 0 aromatic rings. The third-order valence-corrected chi connectivity index (χ3v) is 2.53. The van der Waals surface area contributed by atoms with Crippen LogP contribution in [0.1, 0.15) is 39.5 Å². The Morgan fingerprint density at radius 1 is 1.60 bits per heavy atom. The Balaban J connectivity index is 2.60. The largest absolute Gasteiger partial charge is 0.234 e. The van der Waals surface area contributed by atoms with Crippen LogP contribution in [0.25, 0.3) is 0 Å². The SMILES string of the molecule is CCCC1(C(C)=C=O)CC1. The normalized spacial score (nSPS) is 19.8. The van der Waals surface area contributed by atoms with Crippen molar-refractivity contribution in [3.8, 4) is 0 Å². The van der Waals surface area contributed by atoms with Gasteiger partial charge in [-0.2, -0.15) is 0 Å². The second kappa shape index (κ2) is 2.59. The van der Waals surface area contributed by atoms with Crippen LogP contribution in [0.4, 0.5) is 0 Å². The predicted octanol–water partition coefficient (Wildman–Crippen LogP) is 2.34. The molecule has 56 valence electrons. The van der Waals surface area contributed by atoms with E-state index in [1.54, 1.807) is 0 Å². The minimum atomic E-state index is 0.302. The number of hydrogen-bond acceptors (Lipinski definition) is 1. The van der Waals surface area contributed by atoms with Crippen LogP contribution in [-0.4, -0.2) is 5.94 Å². The molecule has 1 saturated carbocycles. The zero-order valence-electron chi connectivity index (χ0n) is 6.74. The fraction of sp³-hybridized carbons (Fsp3) is 0.778. The molecule has 0 heterocycles. The molecule has 0 amide bonds. The summed E-state index contributed by atoms with van der Waals surface area (Å²) >= 11 is 0. The first-order chi connectivity index (χ1) is 4.75. The van der Waals surface area contributed by atoms with E-state index in [1.807, 2.05) is 12.9 Å². The summed E-state index contributed by atoms with van der Waals surface area (Å²) in [7, 11) is 0. The van der Waals surface area contributed by atoms with Crippen LogP contribution in [-0.2, 0) is 4.79 Å². The summed E-state index contributed by atoms with van der Waals surface area (Å²) in [6.45, 7) is 4.08. The zero-order chi connectivity index (χ0) is 7.61. The van der Waals surface area contributed by atoms with Crippen molar-refractivity contribution in [2.75, 3.05) is 0 Å². The lowest BCUT2D eigenvalue weighted by Gasteiger charge is -2.09. The van der Waals surface area contributed by atoms with Gasteiger partial charge in [0.15, 0.2) is 0 Å². The van der Waals surface area contributed by atoms with Gasteiger partial charge in [0.25, 0.3) is 0 Å². The molecule has 0 saturated heterocycles. The highest BCUT2D eigenvalue weighted by atomic mass is 16.1. The number of carbonyl (C=O) groups excluding carboxylic acids is 1. The van der Waals surface area contributed by atoms with Gasteiger partial charge in [0, 0.05) is 11.0 Å². The van der Waals surface area contributed by atoms with Crippen molar-refractivity contribution in [1.82, 2.24) is 0 Å². The van der Waals surface area contributed by atoms with Crippen LogP contribution in [0.2, 0.25) is 0 Å². The van der Waals surface area contributed by atoms with Crippen LogP contribution in [0.3, 0.4) is 0 Å². The molecule has 0 atom stereocenters. The topological polar surface area (TPSA) is 17.1 Å². The Labute approximate surface area is 62.1 Å². The maximum Gasteiger partial charge on any atom is 0.123 e. The van der Waals surface area contributed by atoms with Gasteiger partial charge in [-0.25, -0.2) is 4.79 Å². The Bertz CT molecular complexity index is 171. The van der Waals surface area contributed by atoms with Crippen molar-refractivity contribution in [3.63, 3.8) is 0 Å². The van der Waals surface area contributed by atoms with E-state index in [4.69, 9.17) is 0 Å². The first kappa shape index (κ1) is 7.56. The maximum absolute atomic E-state index is 10.3. The predicted molar refractivity (Wildman–Crippen MR) is 41.5 cm³/mol. The van der Waals surface area contributed by atoms with Crippen LogP contribution >= 0.6 is 0 Å². The smallest absolute Gasteiger partial charge is 0.123 e. The van der Waals surface area contributed by atoms with Crippen LogP contribution < -0.4 is 0 Å². The molecule has 1 aliphatic rings. The van der Waals surface area contributed by atoms with Gasteiger partial charge >= 0.3 is 0 Å². The Hall–Kier alpha value is -0.550. The molecule has 1 rings (SSSR count). The molecule has 0 bridgehead atoms. The van der Waals surface area contributed by atoms with E-state index in [9.17, 15) is 4.79 Å². The lowest BCUT2D eigenvalue weighted by Crippen LogP contribution is -2.01. The van der Waals surface area contributed by atoms with Gasteiger partial charge in [-0.1, -0.05) is 13.3 Å². The molecule has 0 unspecified atom stereocenters. The van der Waals surface area contributed by atoms with Gasteiger partial charge in [-0.05, 0) is 26.2 Å². The van der Waals surface area contributed by atoms with E-state index >= 15 is 0 Å². The van der Waals surface area contributed by atoms with Gasteiger partial charge in [0.2, 0.25) is 0 Å². The molecule has 0 aliphatic heterocycles. The van der Waals surface area contributed by atoms with E-state index in [1.165, 1.54) is 25.7 Å². The minimum absolute atomic E-state index is 0.302. The van der Waals surface area contributed by atoms with Crippen molar-refractivity contribution < 1.29 is 4.79 Å². The number of rotatable bonds is 3. The van der Waals surface area contributed by atoms with Crippen molar-refractivity contribution in [2.45, 2.75) is 39.5 Å². The van der Waals surface area contributed by atoms with Crippen molar-refractivity contribution >= 4 is 5.94 Å². The second-order valence-electron chi connectivity index (χ2n) is 3.26. The van der Waals surface area contributed by atoms with Gasteiger partial charge < -0.3 is 0 Å². The van der Waals surface area contributed by atoms with Gasteiger partial charge in [0.1, 0.15) is 5.94 Å². The summed E-state index contributed by atoms with van der Waals surface area (Å²) in [6.07, 6.45) is 4.77. The van der Waals surface area contributed by atoms with Gasteiger partial charge in [-0.15, -0.1) is 0 Å².